The first kappa shape index (κ1) is 18.4. The fourth-order valence-corrected chi connectivity index (χ4v) is 3.73. The minimum absolute atomic E-state index is 0.000406. The number of carbonyl (C=O) groups excluding carboxylic acids is 1. The quantitative estimate of drug-likeness (QED) is 0.518. The maximum atomic E-state index is 12.6. The van der Waals surface area contributed by atoms with E-state index in [4.69, 9.17) is 5.73 Å². The first-order valence-electron chi connectivity index (χ1n) is 8.69. The second-order valence-electron chi connectivity index (χ2n) is 6.24. The molecule has 0 radical (unpaired) electrons. The van der Waals surface area contributed by atoms with Gasteiger partial charge in [0, 0.05) is 19.0 Å². The van der Waals surface area contributed by atoms with Crippen LogP contribution in [0.2, 0.25) is 0 Å². The lowest BCUT2D eigenvalue weighted by Crippen LogP contribution is -2.36. The molecule has 1 fully saturated rings. The molecule has 10 heteroatoms. The number of carbonyl (C=O) groups is 1. The van der Waals surface area contributed by atoms with E-state index < -0.39 is 17.0 Å². The van der Waals surface area contributed by atoms with Crippen LogP contribution >= 0.6 is 11.8 Å². The Morgan fingerprint density at radius 3 is 2.62 bits per heavy atom. The molecule has 1 aliphatic rings. The van der Waals surface area contributed by atoms with Crippen molar-refractivity contribution in [2.45, 2.75) is 57.3 Å². The van der Waals surface area contributed by atoms with Crippen LogP contribution in [-0.4, -0.2) is 35.9 Å². The lowest BCUT2D eigenvalue weighted by Gasteiger charge is -2.11. The number of Topliss-reactive ketones (excluding diaryl/α,β-unsaturated/α-hetero) is 1. The summed E-state index contributed by atoms with van der Waals surface area (Å²) in [7, 11) is 0. The van der Waals surface area contributed by atoms with Gasteiger partial charge in [-0.2, -0.15) is 0 Å². The Bertz CT molecular complexity index is 940. The molecular weight excluding hydrogens is 356 g/mol. The van der Waals surface area contributed by atoms with Crippen LogP contribution in [0.25, 0.3) is 0 Å². The Morgan fingerprint density at radius 1 is 1.27 bits per heavy atom. The molecule has 2 aromatic rings. The molecule has 3 N–H and O–H groups in total. The fraction of sp³-hybridized carbons (Fsp3) is 0.562. The molecule has 140 valence electrons. The summed E-state index contributed by atoms with van der Waals surface area (Å²) >= 11 is 1.23. The monoisotopic (exact) mass is 378 g/mol. The van der Waals surface area contributed by atoms with E-state index in [-0.39, 0.29) is 17.1 Å². The Hall–Kier alpha value is -2.36. The number of aromatic amines is 1. The van der Waals surface area contributed by atoms with Crippen molar-refractivity contribution in [3.63, 3.8) is 0 Å². The van der Waals surface area contributed by atoms with Crippen molar-refractivity contribution in [2.24, 2.45) is 0 Å². The number of nitrogens with zero attached hydrogens (tertiary/aromatic N) is 4. The van der Waals surface area contributed by atoms with Gasteiger partial charge in [-0.3, -0.25) is 19.1 Å². The normalized spacial score (nSPS) is 13.9. The summed E-state index contributed by atoms with van der Waals surface area (Å²) in [6.07, 6.45) is 2.89. The largest absolute Gasteiger partial charge is 0.384 e. The number of anilines is 1. The molecular formula is C16H22N6O3S. The maximum Gasteiger partial charge on any atom is 0.329 e. The molecule has 2 heterocycles. The average Bonchev–Trinajstić information content (AvgIpc) is 3.36. The van der Waals surface area contributed by atoms with Crippen molar-refractivity contribution < 1.29 is 4.79 Å². The molecule has 0 unspecified atom stereocenters. The van der Waals surface area contributed by atoms with E-state index in [1.807, 2.05) is 18.4 Å². The first-order chi connectivity index (χ1) is 12.5. The van der Waals surface area contributed by atoms with E-state index in [0.29, 0.717) is 24.0 Å². The summed E-state index contributed by atoms with van der Waals surface area (Å²) in [6, 6.07) is 0. The predicted octanol–water partition coefficient (Wildman–Crippen LogP) is 0.993. The van der Waals surface area contributed by atoms with E-state index in [1.165, 1.54) is 16.3 Å². The SMILES string of the molecule is CCCn1c(N)c(C(=O)CSc2nnc(C3CC3)n2CC)c(=O)[nH]c1=O. The summed E-state index contributed by atoms with van der Waals surface area (Å²) in [5.74, 6) is 0.902. The molecule has 0 aromatic carbocycles. The number of H-pyrrole nitrogens is 1. The van der Waals surface area contributed by atoms with Gasteiger partial charge in [-0.15, -0.1) is 10.2 Å². The highest BCUT2D eigenvalue weighted by molar-refractivity contribution is 7.99. The van der Waals surface area contributed by atoms with Gasteiger partial charge in [-0.1, -0.05) is 18.7 Å². The molecule has 0 amide bonds. The predicted molar refractivity (Wildman–Crippen MR) is 98.8 cm³/mol. The van der Waals surface area contributed by atoms with Crippen LogP contribution in [0.3, 0.4) is 0 Å². The number of nitrogen functional groups attached to an aromatic ring is 1. The zero-order chi connectivity index (χ0) is 18.8. The highest BCUT2D eigenvalue weighted by Crippen LogP contribution is 2.40. The zero-order valence-electron chi connectivity index (χ0n) is 14.8. The number of thioether (sulfide) groups is 1. The number of ketones is 1. The number of rotatable bonds is 8. The minimum Gasteiger partial charge on any atom is -0.384 e. The summed E-state index contributed by atoms with van der Waals surface area (Å²) in [5, 5.41) is 9.05. The van der Waals surface area contributed by atoms with E-state index in [0.717, 1.165) is 25.2 Å². The van der Waals surface area contributed by atoms with E-state index in [9.17, 15) is 14.4 Å². The smallest absolute Gasteiger partial charge is 0.329 e. The van der Waals surface area contributed by atoms with Crippen molar-refractivity contribution in [3.8, 4) is 0 Å². The Kier molecular flexibility index (Phi) is 5.30. The Labute approximate surface area is 154 Å². The van der Waals surface area contributed by atoms with Crippen LogP contribution in [0.5, 0.6) is 0 Å². The lowest BCUT2D eigenvalue weighted by molar-refractivity contribution is 0.102. The van der Waals surface area contributed by atoms with Gasteiger partial charge in [0.2, 0.25) is 0 Å². The summed E-state index contributed by atoms with van der Waals surface area (Å²) in [6.45, 7) is 4.94. The molecule has 9 nitrogen and oxygen atoms in total. The van der Waals surface area contributed by atoms with Gasteiger partial charge in [-0.05, 0) is 26.2 Å². The molecule has 1 aliphatic carbocycles. The molecule has 0 atom stereocenters. The highest BCUT2D eigenvalue weighted by atomic mass is 32.2. The Balaban J connectivity index is 1.82. The van der Waals surface area contributed by atoms with Crippen molar-refractivity contribution in [1.29, 1.82) is 0 Å². The van der Waals surface area contributed by atoms with Crippen LogP contribution in [0, 0.1) is 0 Å². The second kappa shape index (κ2) is 7.48. The summed E-state index contributed by atoms with van der Waals surface area (Å²) < 4.78 is 3.22. The third kappa shape index (κ3) is 3.46. The van der Waals surface area contributed by atoms with Crippen LogP contribution in [0.4, 0.5) is 5.82 Å². The maximum absolute atomic E-state index is 12.6. The van der Waals surface area contributed by atoms with E-state index >= 15 is 0 Å². The van der Waals surface area contributed by atoms with Gasteiger partial charge in [0.25, 0.3) is 5.56 Å². The van der Waals surface area contributed by atoms with Crippen molar-refractivity contribution in [1.82, 2.24) is 24.3 Å². The minimum atomic E-state index is -0.749. The summed E-state index contributed by atoms with van der Waals surface area (Å²) in [5.41, 5.74) is 4.41. The van der Waals surface area contributed by atoms with Crippen LogP contribution < -0.4 is 17.0 Å². The van der Waals surface area contributed by atoms with E-state index in [2.05, 4.69) is 15.2 Å². The Morgan fingerprint density at radius 2 is 2.00 bits per heavy atom. The van der Waals surface area contributed by atoms with E-state index in [1.54, 1.807) is 0 Å². The van der Waals surface area contributed by atoms with Crippen LogP contribution in [0.1, 0.15) is 55.2 Å². The summed E-state index contributed by atoms with van der Waals surface area (Å²) in [4.78, 5) is 38.7. The second-order valence-corrected chi connectivity index (χ2v) is 7.18. The number of nitrogens with one attached hydrogen (secondary N) is 1. The number of nitrogens with two attached hydrogens (primary N) is 1. The van der Waals surface area contributed by atoms with Gasteiger partial charge in [0.1, 0.15) is 17.2 Å². The first-order valence-corrected chi connectivity index (χ1v) is 9.68. The molecule has 0 aliphatic heterocycles. The zero-order valence-corrected chi connectivity index (χ0v) is 15.6. The van der Waals surface area contributed by atoms with Crippen molar-refractivity contribution in [2.75, 3.05) is 11.5 Å². The third-order valence-corrected chi connectivity index (χ3v) is 5.27. The molecule has 1 saturated carbocycles. The van der Waals surface area contributed by atoms with Gasteiger partial charge < -0.3 is 10.3 Å². The third-order valence-electron chi connectivity index (χ3n) is 4.30. The molecule has 0 saturated heterocycles. The van der Waals surface area contributed by atoms with Crippen LogP contribution in [-0.2, 0) is 13.1 Å². The van der Waals surface area contributed by atoms with Gasteiger partial charge >= 0.3 is 5.69 Å². The van der Waals surface area contributed by atoms with Gasteiger partial charge in [-0.25, -0.2) is 4.79 Å². The lowest BCUT2D eigenvalue weighted by atomic mass is 10.2. The van der Waals surface area contributed by atoms with Crippen LogP contribution in [0.15, 0.2) is 14.7 Å². The molecule has 26 heavy (non-hydrogen) atoms. The molecule has 0 spiro atoms. The van der Waals surface area contributed by atoms with Gasteiger partial charge in [0.05, 0.1) is 5.75 Å². The standard InChI is InChI=1S/C16H22N6O3S/c1-3-7-22-12(17)11(14(24)18-15(22)25)10(23)8-26-16-20-19-13(9-5-6-9)21(16)4-2/h9H,3-8,17H2,1-2H3,(H,18,24,25). The number of hydrogen-bond acceptors (Lipinski definition) is 7. The highest BCUT2D eigenvalue weighted by Gasteiger charge is 2.30. The number of hydrogen-bond donors (Lipinski definition) is 2. The van der Waals surface area contributed by atoms with Crippen molar-refractivity contribution in [3.05, 3.63) is 32.2 Å². The number of aromatic nitrogens is 5. The molecule has 2 aromatic heterocycles. The average molecular weight is 378 g/mol. The fourth-order valence-electron chi connectivity index (χ4n) is 2.85. The molecule has 3 rings (SSSR count). The van der Waals surface area contributed by atoms with Crippen molar-refractivity contribution >= 4 is 23.4 Å². The molecule has 0 bridgehead atoms. The van der Waals surface area contributed by atoms with Gasteiger partial charge in [0.15, 0.2) is 10.9 Å². The topological polar surface area (TPSA) is 129 Å².